The molecule has 1 atom stereocenters. The second-order valence-electron chi connectivity index (χ2n) is 10.3. The van der Waals surface area contributed by atoms with Crippen molar-refractivity contribution in [2.24, 2.45) is 29.1 Å². The van der Waals surface area contributed by atoms with Gasteiger partial charge in [-0.3, -0.25) is 14.4 Å². The average Bonchev–Trinajstić information content (AvgIpc) is 2.71. The number of anilines is 1. The highest BCUT2D eigenvalue weighted by Gasteiger charge is 2.55. The minimum atomic E-state index is -1.07. The molecule has 32 heavy (non-hydrogen) atoms. The van der Waals surface area contributed by atoms with Crippen LogP contribution in [-0.2, 0) is 14.4 Å². The van der Waals surface area contributed by atoms with Crippen molar-refractivity contribution in [2.45, 2.75) is 58.4 Å². The normalized spacial score (nSPS) is 29.0. The first-order chi connectivity index (χ1) is 15.1. The molecule has 1 unspecified atom stereocenters. The van der Waals surface area contributed by atoms with Crippen molar-refractivity contribution in [3.05, 3.63) is 29.8 Å². The predicted molar refractivity (Wildman–Crippen MR) is 115 cm³/mol. The zero-order valence-electron chi connectivity index (χ0n) is 18.5. The lowest BCUT2D eigenvalue weighted by atomic mass is 9.49. The average molecular weight is 448 g/mol. The van der Waals surface area contributed by atoms with Crippen LogP contribution in [0.2, 0.25) is 0 Å². The van der Waals surface area contributed by atoms with Crippen LogP contribution in [-0.4, -0.2) is 30.3 Å². The lowest BCUT2D eigenvalue weighted by molar-refractivity contribution is -0.149. The minimum absolute atomic E-state index is 0.0308. The van der Waals surface area contributed by atoms with Crippen molar-refractivity contribution in [1.82, 2.24) is 10.6 Å². The lowest BCUT2D eigenvalue weighted by Gasteiger charge is -2.55. The van der Waals surface area contributed by atoms with Crippen LogP contribution in [0.25, 0.3) is 0 Å². The molecular weight excluding hydrogens is 416 g/mol. The topological polar surface area (TPSA) is 87.3 Å². The zero-order chi connectivity index (χ0) is 23.0. The summed E-state index contributed by atoms with van der Waals surface area (Å²) in [7, 11) is 0. The standard InChI is InChI=1S/C24H31F2N3O3/c1-13(2)21(22(31)27-12-20(30)28-17-3-4-18(25)19(26)8-17)29-23(32)24-9-14-5-15(10-24)7-16(6-14)11-24/h3-4,8,13-16,21H,5-7,9-12H2,1-2H3,(H,27,31)(H,28,30)(H,29,32). The largest absolute Gasteiger partial charge is 0.345 e. The molecule has 0 heterocycles. The number of rotatable bonds is 7. The highest BCUT2D eigenvalue weighted by atomic mass is 19.2. The van der Waals surface area contributed by atoms with E-state index in [-0.39, 0.29) is 29.5 Å². The van der Waals surface area contributed by atoms with E-state index in [0.717, 1.165) is 31.4 Å². The van der Waals surface area contributed by atoms with Gasteiger partial charge in [0.15, 0.2) is 11.6 Å². The van der Waals surface area contributed by atoms with Gasteiger partial charge >= 0.3 is 0 Å². The summed E-state index contributed by atoms with van der Waals surface area (Å²) < 4.78 is 26.3. The molecule has 1 aromatic rings. The van der Waals surface area contributed by atoms with Gasteiger partial charge in [-0.25, -0.2) is 8.78 Å². The maximum absolute atomic E-state index is 13.3. The summed E-state index contributed by atoms with van der Waals surface area (Å²) in [5.41, 5.74) is -0.259. The van der Waals surface area contributed by atoms with Gasteiger partial charge in [0.25, 0.3) is 0 Å². The number of halogens is 2. The van der Waals surface area contributed by atoms with Gasteiger partial charge in [0.1, 0.15) is 6.04 Å². The quantitative estimate of drug-likeness (QED) is 0.599. The second kappa shape index (κ2) is 8.79. The molecule has 4 fully saturated rings. The van der Waals surface area contributed by atoms with Gasteiger partial charge < -0.3 is 16.0 Å². The Morgan fingerprint density at radius 2 is 1.59 bits per heavy atom. The van der Waals surface area contributed by atoms with E-state index in [1.807, 2.05) is 13.8 Å². The number of nitrogens with one attached hydrogen (secondary N) is 3. The van der Waals surface area contributed by atoms with E-state index in [2.05, 4.69) is 16.0 Å². The predicted octanol–water partition coefficient (Wildman–Crippen LogP) is 3.38. The molecule has 4 saturated carbocycles. The van der Waals surface area contributed by atoms with Crippen LogP contribution < -0.4 is 16.0 Å². The highest BCUT2D eigenvalue weighted by molar-refractivity contribution is 5.96. The van der Waals surface area contributed by atoms with E-state index in [9.17, 15) is 23.2 Å². The molecule has 3 amide bonds. The van der Waals surface area contributed by atoms with Crippen molar-refractivity contribution in [3.8, 4) is 0 Å². The van der Waals surface area contributed by atoms with Crippen molar-refractivity contribution >= 4 is 23.4 Å². The number of carbonyl (C=O) groups excluding carboxylic acids is 3. The molecule has 8 heteroatoms. The fourth-order valence-electron chi connectivity index (χ4n) is 6.27. The van der Waals surface area contributed by atoms with Crippen LogP contribution >= 0.6 is 0 Å². The van der Waals surface area contributed by atoms with E-state index in [1.54, 1.807) is 0 Å². The van der Waals surface area contributed by atoms with E-state index >= 15 is 0 Å². The molecule has 4 aliphatic carbocycles. The summed E-state index contributed by atoms with van der Waals surface area (Å²) >= 11 is 0. The molecule has 3 N–H and O–H groups in total. The second-order valence-corrected chi connectivity index (χ2v) is 10.3. The first-order valence-electron chi connectivity index (χ1n) is 11.5. The Morgan fingerprint density at radius 1 is 1.00 bits per heavy atom. The molecular formula is C24H31F2N3O3. The lowest BCUT2D eigenvalue weighted by Crippen LogP contribution is -2.58. The first kappa shape index (κ1) is 22.7. The third kappa shape index (κ3) is 4.64. The Kier molecular flexibility index (Phi) is 6.23. The third-order valence-electron chi connectivity index (χ3n) is 7.38. The van der Waals surface area contributed by atoms with Crippen LogP contribution in [0.1, 0.15) is 52.4 Å². The van der Waals surface area contributed by atoms with Crippen LogP contribution in [0.15, 0.2) is 18.2 Å². The minimum Gasteiger partial charge on any atom is -0.345 e. The summed E-state index contributed by atoms with van der Waals surface area (Å²) in [5, 5.41) is 7.96. The van der Waals surface area contributed by atoms with Crippen molar-refractivity contribution in [1.29, 1.82) is 0 Å². The van der Waals surface area contributed by atoms with E-state index in [1.165, 1.54) is 25.3 Å². The molecule has 0 aliphatic heterocycles. The maximum atomic E-state index is 13.3. The molecule has 4 bridgehead atoms. The fraction of sp³-hybridized carbons (Fsp3) is 0.625. The Morgan fingerprint density at radius 3 is 2.12 bits per heavy atom. The maximum Gasteiger partial charge on any atom is 0.243 e. The SMILES string of the molecule is CC(C)C(NC(=O)C12CC3CC(CC(C3)C1)C2)C(=O)NCC(=O)Nc1ccc(F)c(F)c1. The van der Waals surface area contributed by atoms with Crippen molar-refractivity contribution in [3.63, 3.8) is 0 Å². The summed E-state index contributed by atoms with van der Waals surface area (Å²) in [6, 6.07) is 2.28. The molecule has 5 rings (SSSR count). The number of hydrogen-bond acceptors (Lipinski definition) is 3. The molecule has 1 aromatic carbocycles. The fourth-order valence-corrected chi connectivity index (χ4v) is 6.27. The Hall–Kier alpha value is -2.51. The van der Waals surface area contributed by atoms with Gasteiger partial charge in [-0.1, -0.05) is 13.8 Å². The molecule has 4 aliphatic rings. The Labute approximate surface area is 186 Å². The van der Waals surface area contributed by atoms with Crippen LogP contribution in [0.4, 0.5) is 14.5 Å². The summed E-state index contributed by atoms with van der Waals surface area (Å²) in [6.45, 7) is 3.37. The summed E-state index contributed by atoms with van der Waals surface area (Å²) in [4.78, 5) is 38.2. The van der Waals surface area contributed by atoms with Gasteiger partial charge in [0, 0.05) is 17.2 Å². The number of benzene rings is 1. The molecule has 0 saturated heterocycles. The molecule has 174 valence electrons. The van der Waals surface area contributed by atoms with E-state index in [4.69, 9.17) is 0 Å². The van der Waals surface area contributed by atoms with E-state index < -0.39 is 29.5 Å². The van der Waals surface area contributed by atoms with Crippen molar-refractivity contribution in [2.75, 3.05) is 11.9 Å². The Bertz CT molecular complexity index is 882. The van der Waals surface area contributed by atoms with Crippen LogP contribution in [0.5, 0.6) is 0 Å². The third-order valence-corrected chi connectivity index (χ3v) is 7.38. The number of hydrogen-bond donors (Lipinski definition) is 3. The molecule has 0 aromatic heterocycles. The van der Waals surface area contributed by atoms with Crippen LogP contribution in [0, 0.1) is 40.7 Å². The van der Waals surface area contributed by atoms with Gasteiger partial charge in [-0.05, 0) is 74.3 Å². The van der Waals surface area contributed by atoms with E-state index in [0.29, 0.717) is 17.8 Å². The van der Waals surface area contributed by atoms with Gasteiger partial charge in [-0.15, -0.1) is 0 Å². The smallest absolute Gasteiger partial charge is 0.243 e. The van der Waals surface area contributed by atoms with Crippen molar-refractivity contribution < 1.29 is 23.2 Å². The first-order valence-corrected chi connectivity index (χ1v) is 11.5. The molecule has 0 radical (unpaired) electrons. The highest BCUT2D eigenvalue weighted by Crippen LogP contribution is 2.60. The molecule has 0 spiro atoms. The summed E-state index contributed by atoms with van der Waals surface area (Å²) in [5.74, 6) is -1.39. The number of amides is 3. The monoisotopic (exact) mass is 447 g/mol. The summed E-state index contributed by atoms with van der Waals surface area (Å²) in [6.07, 6.45) is 6.42. The Balaban J connectivity index is 1.33. The zero-order valence-corrected chi connectivity index (χ0v) is 18.5. The number of carbonyl (C=O) groups is 3. The van der Waals surface area contributed by atoms with Crippen LogP contribution in [0.3, 0.4) is 0 Å². The van der Waals surface area contributed by atoms with Gasteiger partial charge in [0.2, 0.25) is 17.7 Å². The van der Waals surface area contributed by atoms with Gasteiger partial charge in [0.05, 0.1) is 6.54 Å². The molecule has 6 nitrogen and oxygen atoms in total. The van der Waals surface area contributed by atoms with Gasteiger partial charge in [-0.2, -0.15) is 0 Å².